The molecule has 0 aliphatic rings. The van der Waals surface area contributed by atoms with E-state index in [1.54, 1.807) is 12.1 Å². The van der Waals surface area contributed by atoms with E-state index in [4.69, 9.17) is 5.11 Å². The number of aliphatic carboxylic acids is 1. The zero-order valence-electron chi connectivity index (χ0n) is 8.49. The molecule has 1 aromatic carbocycles. The number of rotatable bonds is 5. The van der Waals surface area contributed by atoms with Crippen LogP contribution in [-0.4, -0.2) is 21.5 Å². The lowest BCUT2D eigenvalue weighted by Crippen LogP contribution is -2.11. The second kappa shape index (κ2) is 6.56. The maximum absolute atomic E-state index is 10.7. The van der Waals surface area contributed by atoms with E-state index in [9.17, 15) is 9.90 Å². The van der Waals surface area contributed by atoms with Gasteiger partial charge in [-0.3, -0.25) is 0 Å². The summed E-state index contributed by atoms with van der Waals surface area (Å²) in [5.41, 5.74) is 1.52. The van der Waals surface area contributed by atoms with Crippen molar-refractivity contribution in [2.75, 3.05) is 5.33 Å². The van der Waals surface area contributed by atoms with Crippen LogP contribution in [0.2, 0.25) is 0 Å². The topological polar surface area (TPSA) is 57.5 Å². The first kappa shape index (κ1) is 13.9. The zero-order valence-corrected chi connectivity index (χ0v) is 12.2. The molecule has 1 atom stereocenters. The van der Waals surface area contributed by atoms with Crippen molar-refractivity contribution in [3.05, 3.63) is 32.9 Å². The number of aliphatic hydroxyl groups excluding tert-OH is 1. The molecule has 16 heavy (non-hydrogen) atoms. The maximum Gasteiger partial charge on any atom is 0.337 e. The van der Waals surface area contributed by atoms with Gasteiger partial charge in [-0.2, -0.15) is 0 Å². The molecule has 88 valence electrons. The molecule has 0 saturated carbocycles. The summed E-state index contributed by atoms with van der Waals surface area (Å²) in [4.78, 5) is 10.7. The molecule has 0 saturated heterocycles. The van der Waals surface area contributed by atoms with Gasteiger partial charge in [0, 0.05) is 8.90 Å². The standard InChI is InChI=1S/C11H12BrIO3/c12-5-1-2-7-6-8(3-4-9(7)13)10(14)11(15)16/h3-4,6,10,14H,1-2,5H2,(H,15,16). The Hall–Kier alpha value is -0.140. The van der Waals surface area contributed by atoms with Crippen LogP contribution in [-0.2, 0) is 11.2 Å². The van der Waals surface area contributed by atoms with Crippen molar-refractivity contribution < 1.29 is 15.0 Å². The molecule has 0 aliphatic heterocycles. The molecule has 0 heterocycles. The molecule has 5 heteroatoms. The van der Waals surface area contributed by atoms with Gasteiger partial charge < -0.3 is 10.2 Å². The van der Waals surface area contributed by atoms with Gasteiger partial charge in [0.15, 0.2) is 6.10 Å². The van der Waals surface area contributed by atoms with Gasteiger partial charge in [0.25, 0.3) is 0 Å². The van der Waals surface area contributed by atoms with Crippen molar-refractivity contribution >= 4 is 44.5 Å². The minimum absolute atomic E-state index is 0.442. The van der Waals surface area contributed by atoms with Crippen molar-refractivity contribution in [2.24, 2.45) is 0 Å². The third-order valence-corrected chi connectivity index (χ3v) is 3.81. The lowest BCUT2D eigenvalue weighted by atomic mass is 10.0. The van der Waals surface area contributed by atoms with Gasteiger partial charge in [-0.05, 0) is 52.6 Å². The van der Waals surface area contributed by atoms with Gasteiger partial charge in [-0.25, -0.2) is 4.79 Å². The summed E-state index contributed by atoms with van der Waals surface area (Å²) in [6.45, 7) is 0. The van der Waals surface area contributed by atoms with Crippen molar-refractivity contribution in [3.8, 4) is 0 Å². The number of aryl methyl sites for hydroxylation is 1. The smallest absolute Gasteiger partial charge is 0.337 e. The first-order valence-electron chi connectivity index (χ1n) is 4.81. The molecule has 0 spiro atoms. The molecular weight excluding hydrogens is 387 g/mol. The minimum atomic E-state index is -1.43. The lowest BCUT2D eigenvalue weighted by Gasteiger charge is -2.09. The van der Waals surface area contributed by atoms with Gasteiger partial charge >= 0.3 is 5.97 Å². The predicted octanol–water partition coefficient (Wildman–Crippen LogP) is 2.74. The predicted molar refractivity (Wildman–Crippen MR) is 73.9 cm³/mol. The average molecular weight is 399 g/mol. The van der Waals surface area contributed by atoms with E-state index in [-0.39, 0.29) is 0 Å². The van der Waals surface area contributed by atoms with Crippen LogP contribution < -0.4 is 0 Å². The quantitative estimate of drug-likeness (QED) is 0.592. The molecular formula is C11H12BrIO3. The van der Waals surface area contributed by atoms with Gasteiger partial charge in [0.05, 0.1) is 0 Å². The fourth-order valence-electron chi connectivity index (χ4n) is 1.36. The fourth-order valence-corrected chi connectivity index (χ4v) is 2.24. The molecule has 2 N–H and O–H groups in total. The highest BCUT2D eigenvalue weighted by molar-refractivity contribution is 14.1. The normalized spacial score (nSPS) is 12.4. The molecule has 1 aromatic rings. The SMILES string of the molecule is O=C(O)C(O)c1ccc(I)c(CCCBr)c1. The van der Waals surface area contributed by atoms with E-state index in [2.05, 4.69) is 38.5 Å². The largest absolute Gasteiger partial charge is 0.479 e. The summed E-state index contributed by atoms with van der Waals surface area (Å²) < 4.78 is 1.10. The molecule has 0 bridgehead atoms. The summed E-state index contributed by atoms with van der Waals surface area (Å²) in [5, 5.41) is 19.1. The Morgan fingerprint density at radius 2 is 2.19 bits per heavy atom. The molecule has 0 radical (unpaired) electrons. The van der Waals surface area contributed by atoms with E-state index in [0.717, 1.165) is 27.3 Å². The number of aliphatic hydroxyl groups is 1. The third kappa shape index (κ3) is 3.71. The Labute approximate surface area is 116 Å². The fraction of sp³-hybridized carbons (Fsp3) is 0.364. The number of halogens is 2. The van der Waals surface area contributed by atoms with Crippen LogP contribution >= 0.6 is 38.5 Å². The first-order chi connectivity index (χ1) is 7.56. The van der Waals surface area contributed by atoms with Crippen molar-refractivity contribution in [3.63, 3.8) is 0 Å². The third-order valence-electron chi connectivity index (χ3n) is 2.20. The van der Waals surface area contributed by atoms with Crippen LogP contribution in [0.1, 0.15) is 23.7 Å². The first-order valence-corrected chi connectivity index (χ1v) is 7.01. The second-order valence-electron chi connectivity index (χ2n) is 3.38. The van der Waals surface area contributed by atoms with Crippen LogP contribution in [0.25, 0.3) is 0 Å². The number of carboxylic acid groups (broad SMARTS) is 1. The summed E-state index contributed by atoms with van der Waals surface area (Å²) in [5.74, 6) is -1.22. The Morgan fingerprint density at radius 1 is 1.50 bits per heavy atom. The van der Waals surface area contributed by atoms with Crippen LogP contribution in [0.5, 0.6) is 0 Å². The maximum atomic E-state index is 10.7. The van der Waals surface area contributed by atoms with Gasteiger partial charge in [-0.1, -0.05) is 28.1 Å². The highest BCUT2D eigenvalue weighted by atomic mass is 127. The molecule has 3 nitrogen and oxygen atoms in total. The highest BCUT2D eigenvalue weighted by Gasteiger charge is 2.16. The van der Waals surface area contributed by atoms with Crippen molar-refractivity contribution in [1.82, 2.24) is 0 Å². The van der Waals surface area contributed by atoms with E-state index in [1.165, 1.54) is 0 Å². The van der Waals surface area contributed by atoms with Crippen LogP contribution in [0, 0.1) is 3.57 Å². The number of carbonyl (C=O) groups is 1. The highest BCUT2D eigenvalue weighted by Crippen LogP contribution is 2.21. The number of benzene rings is 1. The van der Waals surface area contributed by atoms with E-state index in [0.29, 0.717) is 5.56 Å². The number of hydrogen-bond donors (Lipinski definition) is 2. The Morgan fingerprint density at radius 3 is 2.75 bits per heavy atom. The molecule has 0 fully saturated rings. The van der Waals surface area contributed by atoms with Crippen molar-refractivity contribution in [1.29, 1.82) is 0 Å². The van der Waals surface area contributed by atoms with Gasteiger partial charge in [0.2, 0.25) is 0 Å². The Bertz CT molecular complexity index is 381. The van der Waals surface area contributed by atoms with Gasteiger partial charge in [0.1, 0.15) is 0 Å². The molecule has 0 aliphatic carbocycles. The second-order valence-corrected chi connectivity index (χ2v) is 5.34. The van der Waals surface area contributed by atoms with E-state index >= 15 is 0 Å². The molecule has 0 amide bonds. The monoisotopic (exact) mass is 398 g/mol. The lowest BCUT2D eigenvalue weighted by molar-refractivity contribution is -0.146. The average Bonchev–Trinajstić information content (AvgIpc) is 2.27. The molecule has 0 aromatic heterocycles. The van der Waals surface area contributed by atoms with Crippen LogP contribution in [0.4, 0.5) is 0 Å². The minimum Gasteiger partial charge on any atom is -0.479 e. The Kier molecular flexibility index (Phi) is 5.71. The van der Waals surface area contributed by atoms with Crippen LogP contribution in [0.15, 0.2) is 18.2 Å². The molecule has 1 rings (SSSR count). The number of hydrogen-bond acceptors (Lipinski definition) is 2. The summed E-state index contributed by atoms with van der Waals surface area (Å²) >= 11 is 5.57. The zero-order chi connectivity index (χ0) is 12.1. The van der Waals surface area contributed by atoms with Gasteiger partial charge in [-0.15, -0.1) is 0 Å². The molecule has 1 unspecified atom stereocenters. The summed E-state index contributed by atoms with van der Waals surface area (Å²) in [7, 11) is 0. The number of alkyl halides is 1. The summed E-state index contributed by atoms with van der Waals surface area (Å²) in [6, 6.07) is 5.26. The Balaban J connectivity index is 2.92. The van der Waals surface area contributed by atoms with E-state index in [1.807, 2.05) is 6.07 Å². The number of carboxylic acids is 1. The summed E-state index contributed by atoms with van der Waals surface area (Å²) in [6.07, 6.45) is 0.437. The van der Waals surface area contributed by atoms with Crippen molar-refractivity contribution in [2.45, 2.75) is 18.9 Å². The van der Waals surface area contributed by atoms with Crippen LogP contribution in [0.3, 0.4) is 0 Å². The van der Waals surface area contributed by atoms with E-state index < -0.39 is 12.1 Å².